The Morgan fingerprint density at radius 1 is 0.508 bits per heavy atom. The molecule has 11 heteroatoms. The van der Waals surface area contributed by atoms with E-state index in [2.05, 4.69) is 10.6 Å². The van der Waals surface area contributed by atoms with Gasteiger partial charge < -0.3 is 25.2 Å². The Balaban J connectivity index is 1.18. The molecule has 2 amide bonds. The molecule has 11 nitrogen and oxygen atoms in total. The fraction of sp³-hybridized carbons (Fsp3) is 0.500. The summed E-state index contributed by atoms with van der Waals surface area (Å²) in [6.45, 7) is 1.47. The minimum absolute atomic E-state index is 0.00371. The average Bonchev–Trinajstić information content (AvgIpc) is 3.24. The van der Waals surface area contributed by atoms with Crippen LogP contribution in [0.25, 0.3) is 11.1 Å². The molecule has 0 aromatic heterocycles. The lowest BCUT2D eigenvalue weighted by molar-refractivity contribution is -0.145. The number of benzene rings is 3. The number of carbonyl (C=O) groups is 6. The lowest BCUT2D eigenvalue weighted by Crippen LogP contribution is -2.24. The van der Waals surface area contributed by atoms with Gasteiger partial charge in [0.15, 0.2) is 11.6 Å². The van der Waals surface area contributed by atoms with Gasteiger partial charge >= 0.3 is 11.9 Å². The first-order valence-electron chi connectivity index (χ1n) is 21.5. The minimum Gasteiger partial charge on any atom is -0.486 e. The molecular weight excluding hydrogens is 749 g/mol. The standard InChI is InChI=1S/C48H64N2O9/c51-42(23-10-1-3-12-25-45(53)49-33-16-6-14-27-47(55)56)37-58-43-31-29-39(30-32-43)40-21-18-22-41(35-40)44(52)24-11-2-4-13-26-46(54)50-34-17-7-15-28-48(57)59-36-38-19-8-5-9-20-38/h5,8-9,18-22,29-32,35H,1-4,6-7,10-17,23-28,33-34,36-37H2,(H,49,53)(H,50,54)(H,55,56). The van der Waals surface area contributed by atoms with Gasteiger partial charge in [-0.1, -0.05) is 99.2 Å². The molecule has 320 valence electrons. The van der Waals surface area contributed by atoms with Gasteiger partial charge in [0.25, 0.3) is 0 Å². The van der Waals surface area contributed by atoms with Crippen LogP contribution >= 0.6 is 0 Å². The number of nitrogens with one attached hydrogen (secondary N) is 2. The number of aliphatic carboxylic acids is 1. The molecule has 0 heterocycles. The molecule has 0 aliphatic heterocycles. The highest BCUT2D eigenvalue weighted by Gasteiger charge is 2.10. The Labute approximate surface area is 350 Å². The van der Waals surface area contributed by atoms with E-state index in [9.17, 15) is 28.8 Å². The van der Waals surface area contributed by atoms with Crippen LogP contribution in [0.5, 0.6) is 5.75 Å². The second kappa shape index (κ2) is 29.8. The average molecular weight is 813 g/mol. The van der Waals surface area contributed by atoms with E-state index in [-0.39, 0.29) is 42.4 Å². The second-order valence-electron chi connectivity index (χ2n) is 15.0. The predicted molar refractivity (Wildman–Crippen MR) is 229 cm³/mol. The lowest BCUT2D eigenvalue weighted by Gasteiger charge is -2.09. The zero-order valence-electron chi connectivity index (χ0n) is 34.7. The molecule has 3 aromatic rings. The van der Waals surface area contributed by atoms with Crippen molar-refractivity contribution in [3.8, 4) is 16.9 Å². The van der Waals surface area contributed by atoms with Crippen LogP contribution in [0.3, 0.4) is 0 Å². The summed E-state index contributed by atoms with van der Waals surface area (Å²) in [5.41, 5.74) is 3.51. The number of ether oxygens (including phenoxy) is 2. The first-order valence-corrected chi connectivity index (χ1v) is 21.5. The van der Waals surface area contributed by atoms with Crippen molar-refractivity contribution >= 4 is 35.3 Å². The smallest absolute Gasteiger partial charge is 0.306 e. The van der Waals surface area contributed by atoms with E-state index in [1.54, 1.807) is 0 Å². The summed E-state index contributed by atoms with van der Waals surface area (Å²) in [7, 11) is 0. The van der Waals surface area contributed by atoms with Crippen molar-refractivity contribution in [2.75, 3.05) is 19.7 Å². The van der Waals surface area contributed by atoms with Crippen molar-refractivity contribution in [3.05, 3.63) is 90.0 Å². The molecule has 0 fully saturated rings. The molecule has 0 unspecified atom stereocenters. The van der Waals surface area contributed by atoms with E-state index in [4.69, 9.17) is 14.6 Å². The summed E-state index contributed by atoms with van der Waals surface area (Å²) in [5, 5.41) is 14.5. The van der Waals surface area contributed by atoms with Gasteiger partial charge in [0.1, 0.15) is 19.0 Å². The Morgan fingerprint density at radius 2 is 1.07 bits per heavy atom. The first kappa shape index (κ1) is 48.1. The highest BCUT2D eigenvalue weighted by Crippen LogP contribution is 2.24. The molecule has 0 aliphatic rings. The van der Waals surface area contributed by atoms with E-state index in [0.29, 0.717) is 69.5 Å². The third-order valence-corrected chi connectivity index (χ3v) is 9.95. The topological polar surface area (TPSA) is 165 Å². The number of unbranched alkanes of at least 4 members (excludes halogenated alkanes) is 10. The zero-order chi connectivity index (χ0) is 42.3. The predicted octanol–water partition coefficient (Wildman–Crippen LogP) is 9.35. The number of carboxylic acids is 1. The Hall–Kier alpha value is -5.32. The highest BCUT2D eigenvalue weighted by molar-refractivity contribution is 5.97. The number of hydrogen-bond acceptors (Lipinski definition) is 8. The van der Waals surface area contributed by atoms with Crippen LogP contribution in [0.4, 0.5) is 0 Å². The minimum atomic E-state index is -0.792. The maximum atomic E-state index is 13.0. The number of Topliss-reactive ketones (excluding diaryl/α,β-unsaturated/α-hetero) is 2. The van der Waals surface area contributed by atoms with Crippen molar-refractivity contribution in [1.29, 1.82) is 0 Å². The molecule has 0 saturated heterocycles. The van der Waals surface area contributed by atoms with Crippen LogP contribution in [-0.4, -0.2) is 60.1 Å². The van der Waals surface area contributed by atoms with E-state index >= 15 is 0 Å². The van der Waals surface area contributed by atoms with Gasteiger partial charge in [-0.15, -0.1) is 0 Å². The number of hydrogen-bond donors (Lipinski definition) is 3. The zero-order valence-corrected chi connectivity index (χ0v) is 34.7. The largest absolute Gasteiger partial charge is 0.486 e. The number of ketones is 2. The molecule has 0 aliphatic carbocycles. The molecule has 3 N–H and O–H groups in total. The monoisotopic (exact) mass is 812 g/mol. The number of amides is 2. The third-order valence-electron chi connectivity index (χ3n) is 9.95. The van der Waals surface area contributed by atoms with Gasteiger partial charge in [0.2, 0.25) is 11.8 Å². The normalized spacial score (nSPS) is 10.8. The van der Waals surface area contributed by atoms with Gasteiger partial charge in [0.05, 0.1) is 0 Å². The van der Waals surface area contributed by atoms with E-state index in [1.165, 1.54) is 0 Å². The third kappa shape index (κ3) is 23.0. The van der Waals surface area contributed by atoms with Crippen molar-refractivity contribution in [3.63, 3.8) is 0 Å². The fourth-order valence-corrected chi connectivity index (χ4v) is 6.47. The van der Waals surface area contributed by atoms with Crippen LogP contribution in [0, 0.1) is 0 Å². The van der Waals surface area contributed by atoms with Crippen LogP contribution < -0.4 is 15.4 Å². The van der Waals surface area contributed by atoms with Crippen molar-refractivity contribution in [2.24, 2.45) is 0 Å². The number of esters is 1. The van der Waals surface area contributed by atoms with Crippen molar-refractivity contribution in [1.82, 2.24) is 10.6 Å². The quantitative estimate of drug-likeness (QED) is 0.0309. The Kier molecular flexibility index (Phi) is 24.3. The van der Waals surface area contributed by atoms with Gasteiger partial charge in [-0.25, -0.2) is 0 Å². The summed E-state index contributed by atoms with van der Waals surface area (Å²) in [6, 6.07) is 24.7. The van der Waals surface area contributed by atoms with E-state index in [1.807, 2.05) is 78.9 Å². The van der Waals surface area contributed by atoms with E-state index in [0.717, 1.165) is 100 Å². The summed E-state index contributed by atoms with van der Waals surface area (Å²) >= 11 is 0. The molecule has 59 heavy (non-hydrogen) atoms. The van der Waals surface area contributed by atoms with Gasteiger partial charge in [-0.2, -0.15) is 0 Å². The molecular formula is C48H64N2O9. The lowest BCUT2D eigenvalue weighted by atomic mass is 9.98. The van der Waals surface area contributed by atoms with Crippen LogP contribution in [0.2, 0.25) is 0 Å². The van der Waals surface area contributed by atoms with Crippen molar-refractivity contribution in [2.45, 2.75) is 135 Å². The molecule has 3 aromatic carbocycles. The van der Waals surface area contributed by atoms with Crippen LogP contribution in [-0.2, 0) is 35.3 Å². The van der Waals surface area contributed by atoms with Crippen LogP contribution in [0.15, 0.2) is 78.9 Å². The molecule has 0 bridgehead atoms. The number of rotatable bonds is 33. The summed E-state index contributed by atoms with van der Waals surface area (Å²) in [5.74, 6) is -0.220. The summed E-state index contributed by atoms with van der Waals surface area (Å²) < 4.78 is 11.0. The van der Waals surface area contributed by atoms with E-state index < -0.39 is 5.97 Å². The highest BCUT2D eigenvalue weighted by atomic mass is 16.5. The molecule has 3 rings (SSSR count). The second-order valence-corrected chi connectivity index (χ2v) is 15.0. The van der Waals surface area contributed by atoms with Gasteiger partial charge in [-0.3, -0.25) is 28.8 Å². The number of carboxylic acid groups (broad SMARTS) is 1. The van der Waals surface area contributed by atoms with Gasteiger partial charge in [-0.05, 0) is 86.3 Å². The summed E-state index contributed by atoms with van der Waals surface area (Å²) in [4.78, 5) is 71.9. The number of carbonyl (C=O) groups excluding carboxylic acids is 5. The maximum absolute atomic E-state index is 13.0. The molecule has 0 saturated carbocycles. The molecule has 0 spiro atoms. The van der Waals surface area contributed by atoms with Crippen molar-refractivity contribution < 1.29 is 43.3 Å². The SMILES string of the molecule is O=C(O)CCCCCNC(=O)CCCCCCC(=O)COc1ccc(-c2cccc(C(=O)CCCCCCC(=O)NCCCCCC(=O)OCc3ccccc3)c2)cc1. The summed E-state index contributed by atoms with van der Waals surface area (Å²) in [6.07, 6.45) is 13.5. The maximum Gasteiger partial charge on any atom is 0.306 e. The van der Waals surface area contributed by atoms with Gasteiger partial charge in [0, 0.05) is 57.2 Å². The first-order chi connectivity index (χ1) is 28.7. The molecule has 0 atom stereocenters. The Morgan fingerprint density at radius 3 is 1.69 bits per heavy atom. The fourth-order valence-electron chi connectivity index (χ4n) is 6.47. The Bertz CT molecular complexity index is 1710. The van der Waals surface area contributed by atoms with Crippen LogP contribution in [0.1, 0.15) is 144 Å². The molecule has 0 radical (unpaired) electrons.